The van der Waals surface area contributed by atoms with Crippen molar-refractivity contribution in [3.63, 3.8) is 0 Å². The first kappa shape index (κ1) is 15.5. The number of hydrogen-bond donors (Lipinski definition) is 1. The lowest BCUT2D eigenvalue weighted by Gasteiger charge is -2.10. The number of benzene rings is 1. The predicted octanol–water partition coefficient (Wildman–Crippen LogP) is 3.71. The summed E-state index contributed by atoms with van der Waals surface area (Å²) in [6, 6.07) is 14.1. The minimum atomic E-state index is 0.503. The third-order valence-corrected chi connectivity index (χ3v) is 3.19. The van der Waals surface area contributed by atoms with Crippen LogP contribution < -0.4 is 10.1 Å². The van der Waals surface area contributed by atoms with Crippen molar-refractivity contribution in [2.45, 2.75) is 33.9 Å². The molecule has 0 amide bonds. The predicted molar refractivity (Wildman–Crippen MR) is 86.3 cm³/mol. The van der Waals surface area contributed by atoms with Crippen molar-refractivity contribution < 1.29 is 4.74 Å². The Morgan fingerprint density at radius 2 is 1.81 bits per heavy atom. The summed E-state index contributed by atoms with van der Waals surface area (Å²) in [5.74, 6) is 1.57. The SMILES string of the molecule is Cc1ccccc1OCc1cccc(CNCC(C)C)n1. The third-order valence-electron chi connectivity index (χ3n) is 3.19. The van der Waals surface area contributed by atoms with E-state index >= 15 is 0 Å². The van der Waals surface area contributed by atoms with Gasteiger partial charge >= 0.3 is 0 Å². The van der Waals surface area contributed by atoms with Gasteiger partial charge < -0.3 is 10.1 Å². The molecule has 0 aliphatic heterocycles. The van der Waals surface area contributed by atoms with Crippen LogP contribution in [0.15, 0.2) is 42.5 Å². The van der Waals surface area contributed by atoms with Gasteiger partial charge in [-0.25, -0.2) is 0 Å². The zero-order valence-electron chi connectivity index (χ0n) is 13.1. The molecular weight excluding hydrogens is 260 g/mol. The molecule has 0 saturated carbocycles. The van der Waals surface area contributed by atoms with Gasteiger partial charge in [-0.1, -0.05) is 38.1 Å². The molecule has 0 bridgehead atoms. The number of nitrogens with zero attached hydrogens (tertiary/aromatic N) is 1. The molecule has 0 spiro atoms. The van der Waals surface area contributed by atoms with Gasteiger partial charge in [0.2, 0.25) is 0 Å². The second-order valence-corrected chi connectivity index (χ2v) is 5.70. The van der Waals surface area contributed by atoms with E-state index in [9.17, 15) is 0 Å². The highest BCUT2D eigenvalue weighted by molar-refractivity contribution is 5.31. The molecule has 3 nitrogen and oxygen atoms in total. The quantitative estimate of drug-likeness (QED) is 0.841. The zero-order valence-corrected chi connectivity index (χ0v) is 13.1. The maximum absolute atomic E-state index is 5.84. The van der Waals surface area contributed by atoms with Crippen molar-refractivity contribution >= 4 is 0 Å². The lowest BCUT2D eigenvalue weighted by molar-refractivity contribution is 0.299. The topological polar surface area (TPSA) is 34.1 Å². The van der Waals surface area contributed by atoms with Crippen molar-refractivity contribution in [1.29, 1.82) is 0 Å². The van der Waals surface area contributed by atoms with Gasteiger partial charge in [-0.2, -0.15) is 0 Å². The van der Waals surface area contributed by atoms with Gasteiger partial charge in [-0.3, -0.25) is 4.98 Å². The average Bonchev–Trinajstić information content (AvgIpc) is 2.46. The summed E-state index contributed by atoms with van der Waals surface area (Å²) in [6.07, 6.45) is 0. The largest absolute Gasteiger partial charge is 0.487 e. The van der Waals surface area contributed by atoms with Crippen LogP contribution in [0.25, 0.3) is 0 Å². The molecule has 112 valence electrons. The summed E-state index contributed by atoms with van der Waals surface area (Å²) in [5, 5.41) is 3.41. The molecule has 0 unspecified atom stereocenters. The molecule has 1 aromatic carbocycles. The number of ether oxygens (including phenoxy) is 1. The Bertz CT molecular complexity index is 567. The lowest BCUT2D eigenvalue weighted by atomic mass is 10.2. The third kappa shape index (κ3) is 5.20. The zero-order chi connectivity index (χ0) is 15.1. The van der Waals surface area contributed by atoms with Crippen molar-refractivity contribution in [3.05, 3.63) is 59.4 Å². The lowest BCUT2D eigenvalue weighted by Crippen LogP contribution is -2.19. The molecular formula is C18H24N2O. The average molecular weight is 284 g/mol. The number of aromatic nitrogens is 1. The molecule has 0 radical (unpaired) electrons. The van der Waals surface area contributed by atoms with E-state index in [1.54, 1.807) is 0 Å². The number of hydrogen-bond acceptors (Lipinski definition) is 3. The smallest absolute Gasteiger partial charge is 0.130 e. The molecule has 0 aliphatic rings. The van der Waals surface area contributed by atoms with Gasteiger partial charge in [0.1, 0.15) is 12.4 Å². The minimum Gasteiger partial charge on any atom is -0.487 e. The molecule has 0 fully saturated rings. The van der Waals surface area contributed by atoms with Crippen LogP contribution in [0.4, 0.5) is 0 Å². The van der Waals surface area contributed by atoms with E-state index in [1.807, 2.05) is 36.4 Å². The first-order valence-electron chi connectivity index (χ1n) is 7.49. The van der Waals surface area contributed by atoms with E-state index < -0.39 is 0 Å². The molecule has 3 heteroatoms. The van der Waals surface area contributed by atoms with Gasteiger partial charge in [-0.15, -0.1) is 0 Å². The Kier molecular flexibility index (Phi) is 5.76. The van der Waals surface area contributed by atoms with Crippen molar-refractivity contribution in [2.24, 2.45) is 5.92 Å². The summed E-state index contributed by atoms with van der Waals surface area (Å²) in [7, 11) is 0. The minimum absolute atomic E-state index is 0.503. The Labute approximate surface area is 127 Å². The molecule has 2 aromatic rings. The molecule has 1 heterocycles. The highest BCUT2D eigenvalue weighted by Crippen LogP contribution is 2.17. The summed E-state index contributed by atoms with van der Waals surface area (Å²) in [5.41, 5.74) is 3.16. The van der Waals surface area contributed by atoms with Gasteiger partial charge in [0.15, 0.2) is 0 Å². The Morgan fingerprint density at radius 1 is 1.05 bits per heavy atom. The molecule has 0 saturated heterocycles. The fourth-order valence-electron chi connectivity index (χ4n) is 2.07. The van der Waals surface area contributed by atoms with E-state index in [-0.39, 0.29) is 0 Å². The van der Waals surface area contributed by atoms with Crippen LogP contribution in [-0.4, -0.2) is 11.5 Å². The number of nitrogens with one attached hydrogen (secondary N) is 1. The van der Waals surface area contributed by atoms with Crippen LogP contribution >= 0.6 is 0 Å². The fraction of sp³-hybridized carbons (Fsp3) is 0.389. The van der Waals surface area contributed by atoms with Gasteiger partial charge in [0, 0.05) is 6.54 Å². The van der Waals surface area contributed by atoms with E-state index in [0.717, 1.165) is 35.8 Å². The normalized spacial score (nSPS) is 10.9. The fourth-order valence-corrected chi connectivity index (χ4v) is 2.07. The maximum Gasteiger partial charge on any atom is 0.130 e. The maximum atomic E-state index is 5.84. The number of rotatable bonds is 7. The van der Waals surface area contributed by atoms with Crippen LogP contribution in [0.2, 0.25) is 0 Å². The molecule has 21 heavy (non-hydrogen) atoms. The number of para-hydroxylation sites is 1. The van der Waals surface area contributed by atoms with Gasteiger partial charge in [-0.05, 0) is 43.1 Å². The van der Waals surface area contributed by atoms with E-state index in [2.05, 4.69) is 37.1 Å². The monoisotopic (exact) mass is 284 g/mol. The van der Waals surface area contributed by atoms with E-state index in [1.165, 1.54) is 0 Å². The molecule has 0 atom stereocenters. The highest BCUT2D eigenvalue weighted by atomic mass is 16.5. The Morgan fingerprint density at radius 3 is 2.57 bits per heavy atom. The second kappa shape index (κ2) is 7.79. The molecule has 1 N–H and O–H groups in total. The first-order chi connectivity index (χ1) is 10.1. The van der Waals surface area contributed by atoms with Gasteiger partial charge in [0.05, 0.1) is 11.4 Å². The van der Waals surface area contributed by atoms with Crippen LogP contribution in [0.1, 0.15) is 30.8 Å². The summed E-state index contributed by atoms with van der Waals surface area (Å²) < 4.78 is 5.84. The van der Waals surface area contributed by atoms with Crippen molar-refractivity contribution in [3.8, 4) is 5.75 Å². The summed E-state index contributed by atoms with van der Waals surface area (Å²) in [6.45, 7) is 8.76. The van der Waals surface area contributed by atoms with Crippen LogP contribution in [0.3, 0.4) is 0 Å². The Hall–Kier alpha value is -1.87. The second-order valence-electron chi connectivity index (χ2n) is 5.70. The van der Waals surface area contributed by atoms with E-state index in [0.29, 0.717) is 12.5 Å². The van der Waals surface area contributed by atoms with Crippen LogP contribution in [0, 0.1) is 12.8 Å². The van der Waals surface area contributed by atoms with Crippen LogP contribution in [-0.2, 0) is 13.2 Å². The van der Waals surface area contributed by atoms with Gasteiger partial charge in [0.25, 0.3) is 0 Å². The Balaban J connectivity index is 1.90. The number of pyridine rings is 1. The van der Waals surface area contributed by atoms with Crippen LogP contribution in [0.5, 0.6) is 5.75 Å². The number of aryl methyl sites for hydroxylation is 1. The molecule has 1 aromatic heterocycles. The van der Waals surface area contributed by atoms with E-state index in [4.69, 9.17) is 4.74 Å². The molecule has 0 aliphatic carbocycles. The first-order valence-corrected chi connectivity index (χ1v) is 7.49. The molecule has 2 rings (SSSR count). The summed E-state index contributed by atoms with van der Waals surface area (Å²) in [4.78, 5) is 4.63. The summed E-state index contributed by atoms with van der Waals surface area (Å²) >= 11 is 0. The van der Waals surface area contributed by atoms with Crippen molar-refractivity contribution in [2.75, 3.05) is 6.54 Å². The standard InChI is InChI=1S/C18H24N2O/c1-14(2)11-19-12-16-8-6-9-17(20-16)13-21-18-10-5-4-7-15(18)3/h4-10,14,19H,11-13H2,1-3H3. The highest BCUT2D eigenvalue weighted by Gasteiger charge is 2.02. The van der Waals surface area contributed by atoms with Crippen molar-refractivity contribution in [1.82, 2.24) is 10.3 Å².